The quantitative estimate of drug-likeness (QED) is 0.680. The highest BCUT2D eigenvalue weighted by molar-refractivity contribution is 6.30. The molecule has 0 aliphatic heterocycles. The van der Waals surface area contributed by atoms with Crippen LogP contribution in [0.1, 0.15) is 5.56 Å². The van der Waals surface area contributed by atoms with Crippen LogP contribution in [0.15, 0.2) is 42.5 Å². The van der Waals surface area contributed by atoms with Crippen LogP contribution < -0.4 is 5.32 Å². The largest absolute Gasteiger partial charge is 0.375 e. The van der Waals surface area contributed by atoms with E-state index >= 15 is 0 Å². The number of anilines is 1. The number of nitro benzene ring substituents is 1. The number of benzene rings is 2. The molecule has 0 heterocycles. The summed E-state index contributed by atoms with van der Waals surface area (Å²) in [6.07, 6.45) is 0. The van der Waals surface area contributed by atoms with Gasteiger partial charge in [-0.15, -0.1) is 0 Å². The average molecular weight is 281 g/mol. The lowest BCUT2D eigenvalue weighted by Gasteiger charge is -2.07. The molecule has 98 valence electrons. The molecule has 0 spiro atoms. The Bertz CT molecular complexity index is 602. The van der Waals surface area contributed by atoms with E-state index in [1.807, 2.05) is 0 Å². The maximum atomic E-state index is 13.1. The van der Waals surface area contributed by atoms with Gasteiger partial charge in [-0.2, -0.15) is 0 Å². The van der Waals surface area contributed by atoms with Crippen molar-refractivity contribution < 1.29 is 9.31 Å². The topological polar surface area (TPSA) is 55.2 Å². The van der Waals surface area contributed by atoms with Crippen molar-refractivity contribution in [2.24, 2.45) is 0 Å². The first-order chi connectivity index (χ1) is 9.06. The van der Waals surface area contributed by atoms with Crippen LogP contribution in [0, 0.1) is 15.9 Å². The molecule has 0 aromatic heterocycles. The first kappa shape index (κ1) is 13.3. The monoisotopic (exact) mass is 280 g/mol. The molecule has 2 aromatic carbocycles. The molecule has 0 saturated heterocycles. The third kappa shape index (κ3) is 3.42. The Morgan fingerprint density at radius 1 is 1.21 bits per heavy atom. The van der Waals surface area contributed by atoms with E-state index in [0.717, 1.165) is 23.8 Å². The van der Waals surface area contributed by atoms with E-state index in [1.165, 1.54) is 0 Å². The fourth-order valence-corrected chi connectivity index (χ4v) is 1.73. The zero-order chi connectivity index (χ0) is 13.8. The van der Waals surface area contributed by atoms with Crippen LogP contribution in [0.5, 0.6) is 0 Å². The van der Waals surface area contributed by atoms with Crippen molar-refractivity contribution in [2.45, 2.75) is 6.54 Å². The molecule has 0 radical (unpaired) electrons. The van der Waals surface area contributed by atoms with Crippen LogP contribution >= 0.6 is 11.6 Å². The van der Waals surface area contributed by atoms with E-state index in [9.17, 15) is 14.5 Å². The zero-order valence-electron chi connectivity index (χ0n) is 9.77. The van der Waals surface area contributed by atoms with E-state index in [-0.39, 0.29) is 11.4 Å². The van der Waals surface area contributed by atoms with Crippen molar-refractivity contribution in [3.63, 3.8) is 0 Å². The molecule has 2 aromatic rings. The van der Waals surface area contributed by atoms with E-state index in [2.05, 4.69) is 5.32 Å². The zero-order valence-corrected chi connectivity index (χ0v) is 10.5. The number of nitrogens with one attached hydrogen (secondary N) is 1. The first-order valence-electron chi connectivity index (χ1n) is 5.48. The van der Waals surface area contributed by atoms with Crippen molar-refractivity contribution in [3.8, 4) is 0 Å². The Morgan fingerprint density at radius 2 is 1.89 bits per heavy atom. The Morgan fingerprint density at radius 3 is 2.53 bits per heavy atom. The van der Waals surface area contributed by atoms with Crippen LogP contribution in [0.25, 0.3) is 0 Å². The Hall–Kier alpha value is -2.14. The molecule has 0 atom stereocenters. The fourth-order valence-electron chi connectivity index (χ4n) is 1.61. The van der Waals surface area contributed by atoms with Crippen LogP contribution in [0.3, 0.4) is 0 Å². The summed E-state index contributed by atoms with van der Waals surface area (Å²) in [7, 11) is 0. The Kier molecular flexibility index (Phi) is 3.97. The van der Waals surface area contributed by atoms with Gasteiger partial charge in [0.1, 0.15) is 11.5 Å². The summed E-state index contributed by atoms with van der Waals surface area (Å²) in [6.45, 7) is 0.349. The molecule has 0 saturated carbocycles. The van der Waals surface area contributed by atoms with Crippen LogP contribution in [-0.4, -0.2) is 4.92 Å². The highest BCUT2D eigenvalue weighted by Crippen LogP contribution is 2.25. The van der Waals surface area contributed by atoms with Crippen molar-refractivity contribution in [2.75, 3.05) is 5.32 Å². The summed E-state index contributed by atoms with van der Waals surface area (Å²) in [6, 6.07) is 10.3. The van der Waals surface area contributed by atoms with Crippen molar-refractivity contribution >= 4 is 23.0 Å². The number of hydrogen-bond acceptors (Lipinski definition) is 3. The second-order valence-electron chi connectivity index (χ2n) is 3.90. The molecule has 0 unspecified atom stereocenters. The predicted octanol–water partition coefficient (Wildman–Crippen LogP) is 4.00. The van der Waals surface area contributed by atoms with Gasteiger partial charge in [0.15, 0.2) is 0 Å². The first-order valence-corrected chi connectivity index (χ1v) is 5.86. The third-order valence-electron chi connectivity index (χ3n) is 2.55. The van der Waals surface area contributed by atoms with Crippen LogP contribution in [0.4, 0.5) is 15.8 Å². The Labute approximate surface area is 114 Å². The molecule has 0 bridgehead atoms. The lowest BCUT2D eigenvalue weighted by atomic mass is 10.2. The molecular formula is C13H10ClFN2O2. The van der Waals surface area contributed by atoms with E-state index in [4.69, 9.17) is 11.6 Å². The van der Waals surface area contributed by atoms with E-state index in [1.54, 1.807) is 24.3 Å². The minimum Gasteiger partial charge on any atom is -0.375 e. The van der Waals surface area contributed by atoms with Gasteiger partial charge in [0.2, 0.25) is 0 Å². The highest BCUT2D eigenvalue weighted by atomic mass is 35.5. The second-order valence-corrected chi connectivity index (χ2v) is 4.34. The van der Waals surface area contributed by atoms with Crippen LogP contribution in [-0.2, 0) is 6.54 Å². The summed E-state index contributed by atoms with van der Waals surface area (Å²) >= 11 is 5.76. The molecule has 0 aliphatic rings. The smallest absolute Gasteiger partial charge is 0.292 e. The minimum absolute atomic E-state index is 0.153. The highest BCUT2D eigenvalue weighted by Gasteiger charge is 2.13. The van der Waals surface area contributed by atoms with Gasteiger partial charge in [0.25, 0.3) is 5.69 Å². The number of halogens is 2. The van der Waals surface area contributed by atoms with E-state index in [0.29, 0.717) is 11.6 Å². The fraction of sp³-hybridized carbons (Fsp3) is 0.0769. The van der Waals surface area contributed by atoms with Crippen molar-refractivity contribution in [1.29, 1.82) is 0 Å². The molecule has 1 N–H and O–H groups in total. The van der Waals surface area contributed by atoms with Gasteiger partial charge in [-0.3, -0.25) is 10.1 Å². The van der Waals surface area contributed by atoms with Gasteiger partial charge >= 0.3 is 0 Å². The third-order valence-corrected chi connectivity index (χ3v) is 2.80. The maximum Gasteiger partial charge on any atom is 0.292 e. The second kappa shape index (κ2) is 5.67. The number of rotatable bonds is 4. The van der Waals surface area contributed by atoms with Gasteiger partial charge in [0, 0.05) is 23.7 Å². The molecule has 0 aliphatic carbocycles. The molecule has 6 heteroatoms. The van der Waals surface area contributed by atoms with Gasteiger partial charge < -0.3 is 5.32 Å². The summed E-state index contributed by atoms with van der Waals surface area (Å²) in [5.74, 6) is -0.524. The maximum absolute atomic E-state index is 13.1. The van der Waals surface area contributed by atoms with Crippen molar-refractivity contribution in [3.05, 3.63) is 69.0 Å². The summed E-state index contributed by atoms with van der Waals surface area (Å²) in [5.41, 5.74) is 0.887. The molecular weight excluding hydrogens is 271 g/mol. The van der Waals surface area contributed by atoms with Gasteiger partial charge in [0.05, 0.1) is 4.92 Å². The molecule has 19 heavy (non-hydrogen) atoms. The number of nitrogens with zero attached hydrogens (tertiary/aromatic N) is 1. The SMILES string of the molecule is O=[N+]([O-])c1ccc(F)cc1NCc1ccc(Cl)cc1. The van der Waals surface area contributed by atoms with Gasteiger partial charge in [-0.25, -0.2) is 4.39 Å². The Balaban J connectivity index is 2.16. The lowest BCUT2D eigenvalue weighted by molar-refractivity contribution is -0.384. The lowest BCUT2D eigenvalue weighted by Crippen LogP contribution is -2.03. The van der Waals surface area contributed by atoms with Gasteiger partial charge in [-0.05, 0) is 23.8 Å². The molecule has 4 nitrogen and oxygen atoms in total. The molecule has 0 fully saturated rings. The summed E-state index contributed by atoms with van der Waals surface area (Å²) in [5, 5.41) is 14.3. The minimum atomic E-state index is -0.552. The predicted molar refractivity (Wildman–Crippen MR) is 71.8 cm³/mol. The summed E-state index contributed by atoms with van der Waals surface area (Å²) < 4.78 is 13.1. The molecule has 0 amide bonds. The van der Waals surface area contributed by atoms with Gasteiger partial charge in [-0.1, -0.05) is 23.7 Å². The van der Waals surface area contributed by atoms with Crippen LogP contribution in [0.2, 0.25) is 5.02 Å². The summed E-state index contributed by atoms with van der Waals surface area (Å²) in [4.78, 5) is 10.3. The average Bonchev–Trinajstić information content (AvgIpc) is 2.38. The number of hydrogen-bond donors (Lipinski definition) is 1. The normalized spacial score (nSPS) is 10.2. The van der Waals surface area contributed by atoms with E-state index < -0.39 is 10.7 Å². The number of nitro groups is 1. The molecule has 2 rings (SSSR count). The van der Waals surface area contributed by atoms with Crippen molar-refractivity contribution in [1.82, 2.24) is 0 Å². The standard InChI is InChI=1S/C13H10ClFN2O2/c14-10-3-1-9(2-4-10)8-16-12-7-11(15)5-6-13(12)17(18)19/h1-7,16H,8H2.